The molecule has 1 unspecified atom stereocenters. The van der Waals surface area contributed by atoms with Crippen molar-refractivity contribution in [3.63, 3.8) is 0 Å². The number of carbonyl (C=O) groups is 2. The average Bonchev–Trinajstić information content (AvgIpc) is 2.63. The highest BCUT2D eigenvalue weighted by Crippen LogP contribution is 2.16. The molecule has 7 heteroatoms. The van der Waals surface area contributed by atoms with Crippen LogP contribution in [-0.2, 0) is 9.59 Å². The van der Waals surface area contributed by atoms with Gasteiger partial charge < -0.3 is 15.3 Å². The first-order valence-corrected chi connectivity index (χ1v) is 6.77. The highest BCUT2D eigenvalue weighted by molar-refractivity contribution is 5.95. The Balaban J connectivity index is 1.98. The van der Waals surface area contributed by atoms with Crippen LogP contribution in [0.4, 0.5) is 5.69 Å². The van der Waals surface area contributed by atoms with E-state index in [-0.39, 0.29) is 18.4 Å². The van der Waals surface area contributed by atoms with Crippen LogP contribution in [0.15, 0.2) is 0 Å². The lowest BCUT2D eigenvalue weighted by Crippen LogP contribution is -2.42. The van der Waals surface area contributed by atoms with E-state index >= 15 is 0 Å². The number of aryl methyl sites for hydroxylation is 2. The molecule has 20 heavy (non-hydrogen) atoms. The minimum Gasteiger partial charge on any atom is -0.383 e. The number of anilines is 1. The van der Waals surface area contributed by atoms with Gasteiger partial charge in [0.2, 0.25) is 5.91 Å². The highest BCUT2D eigenvalue weighted by atomic mass is 16.3. The van der Waals surface area contributed by atoms with Crippen LogP contribution in [-0.4, -0.2) is 51.2 Å². The fraction of sp³-hybridized carbons (Fsp3) is 0.615. The molecule has 1 saturated heterocycles. The number of nitrogens with one attached hydrogen (secondary N) is 2. The van der Waals surface area contributed by atoms with Gasteiger partial charge in [0.1, 0.15) is 6.10 Å². The van der Waals surface area contributed by atoms with Gasteiger partial charge in [-0.25, -0.2) is 0 Å². The summed E-state index contributed by atoms with van der Waals surface area (Å²) < 4.78 is 0. The molecule has 2 rings (SSSR count). The van der Waals surface area contributed by atoms with E-state index in [1.165, 1.54) is 4.90 Å². The van der Waals surface area contributed by atoms with E-state index in [0.717, 1.165) is 18.5 Å². The summed E-state index contributed by atoms with van der Waals surface area (Å²) in [5.74, 6) is -0.640. The molecule has 1 aliphatic rings. The lowest BCUT2D eigenvalue weighted by atomic mass is 10.2. The zero-order valence-electron chi connectivity index (χ0n) is 11.8. The van der Waals surface area contributed by atoms with Gasteiger partial charge in [-0.1, -0.05) is 0 Å². The molecule has 0 bridgehead atoms. The van der Waals surface area contributed by atoms with Gasteiger partial charge in [0.05, 0.1) is 23.6 Å². The number of aromatic nitrogens is 2. The zero-order chi connectivity index (χ0) is 14.7. The predicted octanol–water partition coefficient (Wildman–Crippen LogP) is 0.338. The minimum absolute atomic E-state index is 0.0417. The Morgan fingerprint density at radius 1 is 1.50 bits per heavy atom. The van der Waals surface area contributed by atoms with Crippen molar-refractivity contribution in [2.24, 2.45) is 0 Å². The van der Waals surface area contributed by atoms with Crippen LogP contribution >= 0.6 is 0 Å². The average molecular weight is 280 g/mol. The number of likely N-dealkylation sites (tertiary alicyclic amines) is 1. The first kappa shape index (κ1) is 14.5. The Labute approximate surface area is 117 Å². The maximum Gasteiger partial charge on any atom is 0.251 e. The van der Waals surface area contributed by atoms with Crippen molar-refractivity contribution in [3.05, 3.63) is 11.4 Å². The molecule has 0 spiro atoms. The maximum absolute atomic E-state index is 12.0. The van der Waals surface area contributed by atoms with Crippen LogP contribution in [0.5, 0.6) is 0 Å². The largest absolute Gasteiger partial charge is 0.383 e. The van der Waals surface area contributed by atoms with Crippen LogP contribution in [0.3, 0.4) is 0 Å². The highest BCUT2D eigenvalue weighted by Gasteiger charge is 2.26. The molecule has 3 N–H and O–H groups in total. The second-order valence-corrected chi connectivity index (χ2v) is 5.13. The molecule has 1 fully saturated rings. The zero-order valence-corrected chi connectivity index (χ0v) is 11.8. The van der Waals surface area contributed by atoms with Crippen LogP contribution < -0.4 is 5.32 Å². The Hall–Kier alpha value is -1.89. The van der Waals surface area contributed by atoms with Crippen LogP contribution in [0.2, 0.25) is 0 Å². The monoisotopic (exact) mass is 280 g/mol. The number of amides is 2. The molecule has 0 aromatic carbocycles. The molecule has 1 aromatic rings. The smallest absolute Gasteiger partial charge is 0.251 e. The van der Waals surface area contributed by atoms with Gasteiger partial charge in [-0.05, 0) is 33.1 Å². The first-order chi connectivity index (χ1) is 9.49. The molecule has 1 atom stereocenters. The molecule has 0 saturated carbocycles. The van der Waals surface area contributed by atoms with E-state index in [9.17, 15) is 14.7 Å². The van der Waals surface area contributed by atoms with E-state index < -0.39 is 6.10 Å². The maximum atomic E-state index is 12.0. The van der Waals surface area contributed by atoms with Crippen LogP contribution in [0, 0.1) is 13.8 Å². The quantitative estimate of drug-likeness (QED) is 0.743. The number of aromatic amines is 1. The van der Waals surface area contributed by atoms with Crippen molar-refractivity contribution in [3.8, 4) is 0 Å². The lowest BCUT2D eigenvalue weighted by Gasteiger charge is -2.21. The number of aliphatic hydroxyl groups excluding tert-OH is 1. The van der Waals surface area contributed by atoms with Gasteiger partial charge in [0.25, 0.3) is 5.91 Å². The van der Waals surface area contributed by atoms with Crippen molar-refractivity contribution in [2.75, 3.05) is 18.4 Å². The van der Waals surface area contributed by atoms with Gasteiger partial charge in [0.15, 0.2) is 0 Å². The van der Waals surface area contributed by atoms with E-state index in [2.05, 4.69) is 15.5 Å². The normalized spacial score (nSPS) is 19.9. The predicted molar refractivity (Wildman–Crippen MR) is 73.1 cm³/mol. The third-order valence-electron chi connectivity index (χ3n) is 3.48. The fourth-order valence-corrected chi connectivity index (χ4v) is 2.33. The Kier molecular flexibility index (Phi) is 4.39. The fourth-order valence-electron chi connectivity index (χ4n) is 2.33. The minimum atomic E-state index is -0.984. The second-order valence-electron chi connectivity index (χ2n) is 5.13. The number of nitrogens with zero attached hydrogens (tertiary/aromatic N) is 2. The summed E-state index contributed by atoms with van der Waals surface area (Å²) in [5.41, 5.74) is 2.13. The summed E-state index contributed by atoms with van der Waals surface area (Å²) in [7, 11) is 0. The summed E-state index contributed by atoms with van der Waals surface area (Å²) in [6.07, 6.45) is 1.09. The molecule has 0 radical (unpaired) electrons. The summed E-state index contributed by atoms with van der Waals surface area (Å²) >= 11 is 0. The molecule has 1 aromatic heterocycles. The van der Waals surface area contributed by atoms with Crippen molar-refractivity contribution in [1.29, 1.82) is 0 Å². The summed E-state index contributed by atoms with van der Waals surface area (Å²) in [5, 5.41) is 19.2. The topological polar surface area (TPSA) is 98.3 Å². The number of hydrogen-bond acceptors (Lipinski definition) is 4. The molecule has 0 aliphatic carbocycles. The SMILES string of the molecule is Cc1n[nH]c(C)c1NC(=O)CN1CCCCC(O)C1=O. The number of H-pyrrole nitrogens is 1. The van der Waals surface area contributed by atoms with Gasteiger partial charge in [-0.2, -0.15) is 5.10 Å². The van der Waals surface area contributed by atoms with Gasteiger partial charge in [-0.3, -0.25) is 14.7 Å². The summed E-state index contributed by atoms with van der Waals surface area (Å²) in [6.45, 7) is 4.07. The Morgan fingerprint density at radius 3 is 2.90 bits per heavy atom. The second kappa shape index (κ2) is 6.04. The first-order valence-electron chi connectivity index (χ1n) is 6.77. The third kappa shape index (κ3) is 3.16. The van der Waals surface area contributed by atoms with E-state index in [0.29, 0.717) is 24.3 Å². The molecule has 110 valence electrons. The third-order valence-corrected chi connectivity index (χ3v) is 3.48. The number of aliphatic hydroxyl groups is 1. The molecule has 2 amide bonds. The number of rotatable bonds is 3. The summed E-state index contributed by atoms with van der Waals surface area (Å²) in [6, 6.07) is 0. The Bertz CT molecular complexity index is 492. The number of carbonyl (C=O) groups excluding carboxylic acids is 2. The molecular weight excluding hydrogens is 260 g/mol. The van der Waals surface area contributed by atoms with E-state index in [4.69, 9.17) is 0 Å². The van der Waals surface area contributed by atoms with Crippen LogP contribution in [0.1, 0.15) is 30.7 Å². The standard InChI is InChI=1S/C13H20N4O3/c1-8-12(9(2)16-15-8)14-11(19)7-17-6-4-3-5-10(18)13(17)20/h10,18H,3-7H2,1-2H3,(H,14,19)(H,15,16). The van der Waals surface area contributed by atoms with Crippen molar-refractivity contribution >= 4 is 17.5 Å². The molecular formula is C13H20N4O3. The van der Waals surface area contributed by atoms with Gasteiger partial charge in [0, 0.05) is 6.54 Å². The molecule has 7 nitrogen and oxygen atoms in total. The van der Waals surface area contributed by atoms with E-state index in [1.807, 2.05) is 6.92 Å². The van der Waals surface area contributed by atoms with Crippen molar-refractivity contribution < 1.29 is 14.7 Å². The van der Waals surface area contributed by atoms with Gasteiger partial charge >= 0.3 is 0 Å². The molecule has 2 heterocycles. The van der Waals surface area contributed by atoms with Crippen LogP contribution in [0.25, 0.3) is 0 Å². The van der Waals surface area contributed by atoms with Crippen molar-refractivity contribution in [1.82, 2.24) is 15.1 Å². The van der Waals surface area contributed by atoms with Gasteiger partial charge in [-0.15, -0.1) is 0 Å². The van der Waals surface area contributed by atoms with E-state index in [1.54, 1.807) is 6.92 Å². The lowest BCUT2D eigenvalue weighted by molar-refractivity contribution is -0.141. The number of hydrogen-bond donors (Lipinski definition) is 3. The molecule has 1 aliphatic heterocycles. The summed E-state index contributed by atoms with van der Waals surface area (Å²) in [4.78, 5) is 25.3. The Morgan fingerprint density at radius 2 is 2.25 bits per heavy atom. The van der Waals surface area contributed by atoms with Crippen molar-refractivity contribution in [2.45, 2.75) is 39.2 Å².